The predicted molar refractivity (Wildman–Crippen MR) is 84.1 cm³/mol. The fraction of sp³-hybridized carbons (Fsp3) is 0.471. The quantitative estimate of drug-likeness (QED) is 0.565. The van der Waals surface area contributed by atoms with E-state index < -0.39 is 11.9 Å². The second kappa shape index (κ2) is 7.11. The molecule has 0 radical (unpaired) electrons. The minimum Gasteiger partial charge on any atom is -0.394 e. The number of ether oxygens (including phenoxy) is 1. The van der Waals surface area contributed by atoms with Crippen LogP contribution in [-0.4, -0.2) is 53.6 Å². The molecule has 1 aromatic rings. The zero-order valence-electron chi connectivity index (χ0n) is 13.3. The highest BCUT2D eigenvalue weighted by atomic mass is 16.5. The molecule has 2 aliphatic heterocycles. The Bertz CT molecular complexity index is 673. The molecule has 24 heavy (non-hydrogen) atoms. The molecule has 3 amide bonds. The lowest BCUT2D eigenvalue weighted by molar-refractivity contribution is -0.136. The maximum atomic E-state index is 12.6. The number of amides is 3. The molecule has 0 aliphatic carbocycles. The third-order valence-corrected chi connectivity index (χ3v) is 4.43. The average molecular weight is 332 g/mol. The van der Waals surface area contributed by atoms with Crippen LogP contribution in [0, 0.1) is 0 Å². The summed E-state index contributed by atoms with van der Waals surface area (Å²) in [5, 5.41) is 11.0. The maximum Gasteiger partial charge on any atom is 0.255 e. The monoisotopic (exact) mass is 332 g/mol. The summed E-state index contributed by atoms with van der Waals surface area (Å²) in [4.78, 5) is 37.5. The second-order valence-electron chi connectivity index (χ2n) is 5.93. The van der Waals surface area contributed by atoms with Gasteiger partial charge in [0.25, 0.3) is 5.91 Å². The fourth-order valence-electron chi connectivity index (χ4n) is 3.23. The molecule has 2 heterocycles. The molecule has 1 aromatic carbocycles. The highest BCUT2D eigenvalue weighted by molar-refractivity contribution is 6.05. The first-order valence-electron chi connectivity index (χ1n) is 8.06. The van der Waals surface area contributed by atoms with Crippen LogP contribution < -0.4 is 5.32 Å². The summed E-state index contributed by atoms with van der Waals surface area (Å²) in [5.41, 5.74) is 2.53. The Morgan fingerprint density at radius 1 is 1.25 bits per heavy atom. The van der Waals surface area contributed by atoms with Crippen LogP contribution >= 0.6 is 0 Å². The molecule has 0 spiro atoms. The van der Waals surface area contributed by atoms with E-state index in [0.717, 1.165) is 11.1 Å². The summed E-state index contributed by atoms with van der Waals surface area (Å²) in [5.74, 6) is -0.861. The normalized spacial score (nSPS) is 20.3. The van der Waals surface area contributed by atoms with Crippen molar-refractivity contribution in [1.29, 1.82) is 0 Å². The summed E-state index contributed by atoms with van der Waals surface area (Å²) in [6.45, 7) is 1.10. The number of hydrogen-bond acceptors (Lipinski definition) is 5. The molecule has 1 saturated heterocycles. The molecule has 7 nitrogen and oxygen atoms in total. The van der Waals surface area contributed by atoms with E-state index in [0.29, 0.717) is 31.6 Å². The van der Waals surface area contributed by atoms with Crippen LogP contribution in [0.15, 0.2) is 18.2 Å². The Balaban J connectivity index is 1.75. The van der Waals surface area contributed by atoms with Crippen molar-refractivity contribution in [2.45, 2.75) is 31.8 Å². The van der Waals surface area contributed by atoms with Gasteiger partial charge in [-0.2, -0.15) is 0 Å². The molecular weight excluding hydrogens is 312 g/mol. The first-order valence-corrected chi connectivity index (χ1v) is 8.06. The standard InChI is InChI=1S/C17H20N2O5/c20-7-9-24-8-6-11-2-1-3-12-13(11)10-19(17(12)23)14-4-5-15(21)18-16(14)22/h1-3,14,20H,4-10H2,(H,18,21,22). The van der Waals surface area contributed by atoms with E-state index in [1.54, 1.807) is 11.0 Å². The predicted octanol–water partition coefficient (Wildman–Crippen LogP) is -0.00100. The molecule has 1 fully saturated rings. The van der Waals surface area contributed by atoms with Crippen LogP contribution in [0.4, 0.5) is 0 Å². The zero-order valence-corrected chi connectivity index (χ0v) is 13.3. The molecule has 1 unspecified atom stereocenters. The lowest BCUT2D eigenvalue weighted by Gasteiger charge is -2.29. The number of piperidine rings is 1. The highest BCUT2D eigenvalue weighted by Gasteiger charge is 2.39. The van der Waals surface area contributed by atoms with E-state index in [1.807, 2.05) is 12.1 Å². The number of fused-ring (bicyclic) bond motifs is 1. The Kier molecular flexibility index (Phi) is 4.92. The van der Waals surface area contributed by atoms with Crippen molar-refractivity contribution in [3.05, 3.63) is 34.9 Å². The van der Waals surface area contributed by atoms with Gasteiger partial charge in [0.2, 0.25) is 11.8 Å². The van der Waals surface area contributed by atoms with Crippen molar-refractivity contribution in [2.75, 3.05) is 19.8 Å². The number of nitrogens with one attached hydrogen (secondary N) is 1. The van der Waals surface area contributed by atoms with E-state index in [9.17, 15) is 14.4 Å². The van der Waals surface area contributed by atoms with Crippen LogP contribution in [0.3, 0.4) is 0 Å². The third-order valence-electron chi connectivity index (χ3n) is 4.43. The SMILES string of the molecule is O=C1CCC(N2Cc3c(CCOCCO)cccc3C2=O)C(=O)N1. The lowest BCUT2D eigenvalue weighted by atomic mass is 10.0. The summed E-state index contributed by atoms with van der Waals surface area (Å²) in [7, 11) is 0. The van der Waals surface area contributed by atoms with E-state index in [-0.39, 0.29) is 31.4 Å². The summed E-state index contributed by atoms with van der Waals surface area (Å²) in [6, 6.07) is 4.94. The first kappa shape index (κ1) is 16.6. The Hall–Kier alpha value is -2.25. The van der Waals surface area contributed by atoms with E-state index in [4.69, 9.17) is 9.84 Å². The largest absolute Gasteiger partial charge is 0.394 e. The number of carbonyl (C=O) groups is 3. The number of hydrogen-bond donors (Lipinski definition) is 2. The average Bonchev–Trinajstić information content (AvgIpc) is 2.89. The van der Waals surface area contributed by atoms with Gasteiger partial charge in [-0.05, 0) is 30.0 Å². The number of aliphatic hydroxyl groups excluding tert-OH is 1. The number of rotatable bonds is 6. The van der Waals surface area contributed by atoms with E-state index in [1.165, 1.54) is 0 Å². The van der Waals surface area contributed by atoms with Crippen LogP contribution in [-0.2, 0) is 27.3 Å². The van der Waals surface area contributed by atoms with Crippen LogP contribution in [0.1, 0.15) is 34.3 Å². The summed E-state index contributed by atoms with van der Waals surface area (Å²) < 4.78 is 5.30. The lowest BCUT2D eigenvalue weighted by Crippen LogP contribution is -2.52. The van der Waals surface area contributed by atoms with Gasteiger partial charge in [0.05, 0.1) is 19.8 Å². The molecular formula is C17H20N2O5. The van der Waals surface area contributed by atoms with Gasteiger partial charge in [0.15, 0.2) is 0 Å². The van der Waals surface area contributed by atoms with Crippen LogP contribution in [0.25, 0.3) is 0 Å². The zero-order chi connectivity index (χ0) is 17.1. The van der Waals surface area contributed by atoms with Gasteiger partial charge in [-0.1, -0.05) is 12.1 Å². The molecule has 0 saturated carbocycles. The van der Waals surface area contributed by atoms with Crippen molar-refractivity contribution in [3.63, 3.8) is 0 Å². The fourth-order valence-corrected chi connectivity index (χ4v) is 3.23. The summed E-state index contributed by atoms with van der Waals surface area (Å²) >= 11 is 0. The molecule has 7 heteroatoms. The van der Waals surface area contributed by atoms with Gasteiger partial charge in [0, 0.05) is 18.5 Å². The molecule has 3 rings (SSSR count). The Morgan fingerprint density at radius 3 is 2.83 bits per heavy atom. The minimum atomic E-state index is -0.596. The number of carbonyl (C=O) groups excluding carboxylic acids is 3. The molecule has 2 aliphatic rings. The molecule has 0 bridgehead atoms. The van der Waals surface area contributed by atoms with Crippen LogP contribution in [0.2, 0.25) is 0 Å². The first-order chi connectivity index (χ1) is 11.6. The summed E-state index contributed by atoms with van der Waals surface area (Å²) in [6.07, 6.45) is 1.25. The Labute approximate surface area is 139 Å². The number of benzene rings is 1. The van der Waals surface area contributed by atoms with Gasteiger partial charge in [-0.25, -0.2) is 0 Å². The van der Waals surface area contributed by atoms with Gasteiger partial charge in [-0.15, -0.1) is 0 Å². The van der Waals surface area contributed by atoms with Gasteiger partial charge < -0.3 is 14.7 Å². The smallest absolute Gasteiger partial charge is 0.255 e. The van der Waals surface area contributed by atoms with Crippen molar-refractivity contribution in [3.8, 4) is 0 Å². The molecule has 128 valence electrons. The Morgan fingerprint density at radius 2 is 2.08 bits per heavy atom. The number of nitrogens with zero attached hydrogens (tertiary/aromatic N) is 1. The van der Waals surface area contributed by atoms with Gasteiger partial charge in [-0.3, -0.25) is 19.7 Å². The second-order valence-corrected chi connectivity index (χ2v) is 5.93. The van der Waals surface area contributed by atoms with Crippen LogP contribution in [0.5, 0.6) is 0 Å². The number of imide groups is 1. The minimum absolute atomic E-state index is 0.0192. The molecule has 2 N–H and O–H groups in total. The maximum absolute atomic E-state index is 12.6. The van der Waals surface area contributed by atoms with Crippen molar-refractivity contribution >= 4 is 17.7 Å². The third kappa shape index (κ3) is 3.18. The van der Waals surface area contributed by atoms with Gasteiger partial charge >= 0.3 is 0 Å². The number of aliphatic hydroxyl groups is 1. The van der Waals surface area contributed by atoms with E-state index >= 15 is 0 Å². The van der Waals surface area contributed by atoms with E-state index in [2.05, 4.69) is 5.32 Å². The van der Waals surface area contributed by atoms with Crippen molar-refractivity contribution in [2.24, 2.45) is 0 Å². The van der Waals surface area contributed by atoms with Crippen molar-refractivity contribution in [1.82, 2.24) is 10.2 Å². The topological polar surface area (TPSA) is 95.9 Å². The van der Waals surface area contributed by atoms with Gasteiger partial charge in [0.1, 0.15) is 6.04 Å². The highest BCUT2D eigenvalue weighted by Crippen LogP contribution is 2.30. The molecule has 1 atom stereocenters. The van der Waals surface area contributed by atoms with Crippen molar-refractivity contribution < 1.29 is 24.2 Å². The molecule has 0 aromatic heterocycles.